The van der Waals surface area contributed by atoms with Gasteiger partial charge in [-0.25, -0.2) is 4.79 Å². The van der Waals surface area contributed by atoms with E-state index in [-0.39, 0.29) is 11.7 Å². The van der Waals surface area contributed by atoms with E-state index < -0.39 is 6.03 Å². The van der Waals surface area contributed by atoms with Crippen LogP contribution in [0.3, 0.4) is 0 Å². The van der Waals surface area contributed by atoms with Crippen LogP contribution < -0.4 is 27.0 Å². The fourth-order valence-electron chi connectivity index (χ4n) is 3.27. The predicted molar refractivity (Wildman–Crippen MR) is 129 cm³/mol. The third kappa shape index (κ3) is 4.88. The molecule has 160 valence electrons. The van der Waals surface area contributed by atoms with Crippen LogP contribution in [0.1, 0.15) is 5.56 Å². The Hall–Kier alpha value is -4.30. The summed E-state index contributed by atoms with van der Waals surface area (Å²) in [6.07, 6.45) is 1.33. The van der Waals surface area contributed by atoms with Crippen molar-refractivity contribution in [1.29, 1.82) is 5.41 Å². The summed E-state index contributed by atoms with van der Waals surface area (Å²) in [7, 11) is 0. The molecule has 3 amide bonds. The summed E-state index contributed by atoms with van der Waals surface area (Å²) in [5.74, 6) is -0.488. The largest absolute Gasteiger partial charge is 0.384 e. The van der Waals surface area contributed by atoms with E-state index in [0.717, 1.165) is 11.4 Å². The second kappa shape index (κ2) is 8.83. The summed E-state index contributed by atoms with van der Waals surface area (Å²) in [4.78, 5) is 24.4. The third-order valence-electron chi connectivity index (χ3n) is 4.59. The minimum Gasteiger partial charge on any atom is -0.384 e. The number of carbonyl (C=O) groups excluding carboxylic acids is 2. The van der Waals surface area contributed by atoms with Crippen LogP contribution in [-0.4, -0.2) is 17.8 Å². The maximum absolute atomic E-state index is 12.3. The first kappa shape index (κ1) is 21.0. The van der Waals surface area contributed by atoms with E-state index in [1.807, 2.05) is 12.1 Å². The van der Waals surface area contributed by atoms with E-state index in [1.165, 1.54) is 6.08 Å². The molecule has 0 aliphatic carbocycles. The molecule has 0 spiro atoms. The van der Waals surface area contributed by atoms with E-state index >= 15 is 0 Å². The second-order valence-electron chi connectivity index (χ2n) is 7.02. The van der Waals surface area contributed by atoms with Crippen molar-refractivity contribution in [3.05, 3.63) is 83.4 Å². The van der Waals surface area contributed by atoms with Crippen molar-refractivity contribution in [2.24, 2.45) is 5.73 Å². The number of fused-ring (bicyclic) bond motifs is 1. The quantitative estimate of drug-likeness (QED) is 0.187. The first-order valence-electron chi connectivity index (χ1n) is 9.59. The standard InChI is InChI=1S/C23H19ClN6O2/c24-13-3-1-4-14(9-13)28-23(32)29-16-6-2-5-15(10-16)27-17-7-8-18-19(12-21(25)26)22(31)30-20(18)11-17/h1-12,27H,(H3,25,26)(H,30,31)(H2,28,29,32)/b19-12-. The SMILES string of the molecule is N=C(N)/C=C1\C(=O)Nc2cc(Nc3cccc(NC(=O)Nc4cccc(Cl)c4)c3)ccc21. The number of nitrogens with one attached hydrogen (secondary N) is 5. The van der Waals surface area contributed by atoms with Crippen molar-refractivity contribution in [2.45, 2.75) is 0 Å². The smallest absolute Gasteiger partial charge is 0.323 e. The number of amides is 3. The summed E-state index contributed by atoms with van der Waals surface area (Å²) in [5, 5.41) is 19.4. The van der Waals surface area contributed by atoms with E-state index in [0.29, 0.717) is 33.2 Å². The van der Waals surface area contributed by atoms with Crippen LogP contribution in [0.25, 0.3) is 5.57 Å². The average Bonchev–Trinajstić information content (AvgIpc) is 3.02. The van der Waals surface area contributed by atoms with Gasteiger partial charge < -0.3 is 27.0 Å². The van der Waals surface area contributed by atoms with Gasteiger partial charge in [-0.3, -0.25) is 10.2 Å². The highest BCUT2D eigenvalue weighted by Crippen LogP contribution is 2.34. The number of hydrogen-bond donors (Lipinski definition) is 6. The highest BCUT2D eigenvalue weighted by molar-refractivity contribution is 6.34. The van der Waals surface area contributed by atoms with Gasteiger partial charge in [0.1, 0.15) is 5.84 Å². The number of nitrogens with two attached hydrogens (primary N) is 1. The van der Waals surface area contributed by atoms with E-state index in [4.69, 9.17) is 22.7 Å². The Morgan fingerprint density at radius 2 is 1.59 bits per heavy atom. The van der Waals surface area contributed by atoms with Gasteiger partial charge in [0.2, 0.25) is 0 Å². The molecule has 32 heavy (non-hydrogen) atoms. The lowest BCUT2D eigenvalue weighted by molar-refractivity contribution is -0.110. The predicted octanol–water partition coefficient (Wildman–Crippen LogP) is 5.00. The summed E-state index contributed by atoms with van der Waals surface area (Å²) in [6, 6.07) is 19.1. The summed E-state index contributed by atoms with van der Waals surface area (Å²) in [5.41, 5.74) is 9.73. The normalized spacial score (nSPS) is 13.3. The van der Waals surface area contributed by atoms with E-state index in [1.54, 1.807) is 54.6 Å². The van der Waals surface area contributed by atoms with Gasteiger partial charge in [-0.05, 0) is 54.6 Å². The number of amidine groups is 1. The number of anilines is 5. The Labute approximate surface area is 189 Å². The van der Waals surface area contributed by atoms with E-state index in [2.05, 4.69) is 21.3 Å². The molecule has 9 heteroatoms. The number of benzene rings is 3. The van der Waals surface area contributed by atoms with Crippen molar-refractivity contribution in [3.63, 3.8) is 0 Å². The van der Waals surface area contributed by atoms with Crippen molar-refractivity contribution in [2.75, 3.05) is 21.3 Å². The molecule has 4 rings (SSSR count). The van der Waals surface area contributed by atoms with Crippen molar-refractivity contribution in [3.8, 4) is 0 Å². The zero-order valence-electron chi connectivity index (χ0n) is 16.7. The Bertz CT molecular complexity index is 1270. The highest BCUT2D eigenvalue weighted by atomic mass is 35.5. The van der Waals surface area contributed by atoms with Crippen LogP contribution in [0.5, 0.6) is 0 Å². The fourth-order valence-corrected chi connectivity index (χ4v) is 3.46. The molecule has 0 bridgehead atoms. The topological polar surface area (TPSA) is 132 Å². The van der Waals surface area contributed by atoms with Crippen LogP contribution in [0.4, 0.5) is 33.2 Å². The molecule has 7 N–H and O–H groups in total. The fraction of sp³-hybridized carbons (Fsp3) is 0. The molecule has 1 heterocycles. The van der Waals surface area contributed by atoms with Gasteiger partial charge in [0.25, 0.3) is 5.91 Å². The van der Waals surface area contributed by atoms with Gasteiger partial charge in [-0.15, -0.1) is 0 Å². The van der Waals surface area contributed by atoms with Crippen LogP contribution >= 0.6 is 11.6 Å². The Balaban J connectivity index is 1.45. The number of rotatable bonds is 5. The molecular weight excluding hydrogens is 428 g/mol. The zero-order chi connectivity index (χ0) is 22.7. The zero-order valence-corrected chi connectivity index (χ0v) is 17.5. The molecule has 0 saturated carbocycles. The lowest BCUT2D eigenvalue weighted by Gasteiger charge is -2.11. The minimum atomic E-state index is -0.394. The van der Waals surface area contributed by atoms with E-state index in [9.17, 15) is 9.59 Å². The highest BCUT2D eigenvalue weighted by Gasteiger charge is 2.24. The second-order valence-corrected chi connectivity index (χ2v) is 7.46. The molecule has 0 atom stereocenters. The molecule has 0 saturated heterocycles. The van der Waals surface area contributed by atoms with Gasteiger partial charge >= 0.3 is 6.03 Å². The molecule has 0 fully saturated rings. The summed E-state index contributed by atoms with van der Waals surface area (Å²) < 4.78 is 0. The molecule has 1 aliphatic heterocycles. The first-order chi connectivity index (χ1) is 15.4. The molecule has 0 aromatic heterocycles. The maximum atomic E-state index is 12.3. The van der Waals surface area contributed by atoms with Crippen molar-refractivity contribution in [1.82, 2.24) is 0 Å². The van der Waals surface area contributed by atoms with Crippen LogP contribution in [0.2, 0.25) is 5.02 Å². The van der Waals surface area contributed by atoms with Crippen LogP contribution in [0.15, 0.2) is 72.8 Å². The van der Waals surface area contributed by atoms with Crippen LogP contribution in [-0.2, 0) is 4.79 Å². The molecular formula is C23H19ClN6O2. The molecule has 1 aliphatic rings. The lowest BCUT2D eigenvalue weighted by atomic mass is 10.1. The van der Waals surface area contributed by atoms with Gasteiger partial charge in [-0.2, -0.15) is 0 Å². The van der Waals surface area contributed by atoms with Crippen molar-refractivity contribution < 1.29 is 9.59 Å². The monoisotopic (exact) mass is 446 g/mol. The Morgan fingerprint density at radius 1 is 0.938 bits per heavy atom. The van der Waals surface area contributed by atoms with Gasteiger partial charge in [-0.1, -0.05) is 29.8 Å². The number of carbonyl (C=O) groups is 2. The summed E-state index contributed by atoms with van der Waals surface area (Å²) >= 11 is 5.94. The lowest BCUT2D eigenvalue weighted by Crippen LogP contribution is -2.19. The summed E-state index contributed by atoms with van der Waals surface area (Å²) in [6.45, 7) is 0. The molecule has 0 radical (unpaired) electrons. The molecule has 3 aromatic rings. The molecule has 8 nitrogen and oxygen atoms in total. The third-order valence-corrected chi connectivity index (χ3v) is 4.83. The minimum absolute atomic E-state index is 0.186. The first-order valence-corrected chi connectivity index (χ1v) is 9.97. The number of urea groups is 1. The maximum Gasteiger partial charge on any atom is 0.323 e. The number of hydrogen-bond acceptors (Lipinski definition) is 4. The molecule has 3 aromatic carbocycles. The van der Waals surface area contributed by atoms with Gasteiger partial charge in [0.15, 0.2) is 0 Å². The average molecular weight is 447 g/mol. The van der Waals surface area contributed by atoms with Gasteiger partial charge in [0, 0.05) is 33.3 Å². The number of halogens is 1. The Morgan fingerprint density at radius 3 is 2.31 bits per heavy atom. The molecule has 0 unspecified atom stereocenters. The Kier molecular flexibility index (Phi) is 5.78. The van der Waals surface area contributed by atoms with Gasteiger partial charge in [0.05, 0.1) is 11.3 Å². The van der Waals surface area contributed by atoms with Crippen LogP contribution in [0, 0.1) is 5.41 Å². The van der Waals surface area contributed by atoms with Crippen molar-refractivity contribution >= 4 is 63.4 Å².